The van der Waals surface area contributed by atoms with Crippen molar-refractivity contribution in [2.45, 2.75) is 355 Å². The van der Waals surface area contributed by atoms with E-state index in [2.05, 4.69) is 94.2 Å². The van der Waals surface area contributed by atoms with Crippen molar-refractivity contribution in [1.29, 1.82) is 0 Å². The van der Waals surface area contributed by atoms with E-state index in [1.165, 1.54) is 307 Å². The number of nitrogens with zero attached hydrogens (tertiary/aromatic N) is 5. The van der Waals surface area contributed by atoms with Crippen LogP contribution in [0.3, 0.4) is 0 Å². The zero-order chi connectivity index (χ0) is 67.3. The first kappa shape index (κ1) is 83.7. The van der Waals surface area contributed by atoms with Gasteiger partial charge in [-0.3, -0.25) is 14.2 Å². The molecule has 0 aliphatic rings. The largest absolute Gasteiger partial charge is 0.469 e. The first-order valence-electron chi connectivity index (χ1n) is 39.8. The number of benzene rings is 1. The summed E-state index contributed by atoms with van der Waals surface area (Å²) in [4.78, 5) is 57.1. The molecule has 2 aromatic heterocycles. The van der Waals surface area contributed by atoms with Crippen LogP contribution in [0.1, 0.15) is 353 Å². The summed E-state index contributed by atoms with van der Waals surface area (Å²) in [6.07, 6.45) is 77.2. The molecule has 0 radical (unpaired) electrons. The zero-order valence-electron chi connectivity index (χ0n) is 61.6. The number of allylic oxidation sites excluding steroid dienone is 6. The summed E-state index contributed by atoms with van der Waals surface area (Å²) in [5.41, 5.74) is 1.95. The SMILES string of the molecule is CCCCCCCC/C=C\CCCCCCCCN(CCCCCCCC/C=C\CCCCCCCC)CCCN(CCCCCCCC/C=C\CCCCCCCC)CCCCCC(=O)Nc1nc(OCCCC)nc2c1[nH]c(=O)n2Cc1cccc(CC(=O)OC)c1. The lowest BCUT2D eigenvalue weighted by atomic mass is 10.1. The van der Waals surface area contributed by atoms with Crippen LogP contribution in [0.5, 0.6) is 6.01 Å². The van der Waals surface area contributed by atoms with Crippen LogP contribution in [0, 0.1) is 0 Å². The Morgan fingerprint density at radius 2 is 0.840 bits per heavy atom. The van der Waals surface area contributed by atoms with Crippen molar-refractivity contribution in [2.24, 2.45) is 0 Å². The number of rotatable bonds is 67. The summed E-state index contributed by atoms with van der Waals surface area (Å²) >= 11 is 0. The molecule has 12 nitrogen and oxygen atoms in total. The Balaban J connectivity index is 1.57. The van der Waals surface area contributed by atoms with E-state index in [-0.39, 0.29) is 42.4 Å². The lowest BCUT2D eigenvalue weighted by Gasteiger charge is -2.26. The fraction of sp³-hybridized carbons (Fsp3) is 0.768. The first-order valence-corrected chi connectivity index (χ1v) is 39.8. The van der Waals surface area contributed by atoms with Gasteiger partial charge in [-0.25, -0.2) is 4.79 Å². The Bertz CT molecular complexity index is 2370. The van der Waals surface area contributed by atoms with Crippen molar-refractivity contribution in [1.82, 2.24) is 29.3 Å². The number of anilines is 1. The standard InChI is InChI=1S/C82H143N7O5/c1-6-10-14-17-20-23-26-29-32-35-38-41-44-47-50-55-64-87(65-56-51-48-45-42-39-36-33-30-27-24-21-18-15-11-7-2)68-60-69-88(66-57-52-49-46-43-40-37-34-31-28-25-22-19-16-12-8-3)67-58-53-54-63-76(90)83-79-78-80(86-81(85-79)94-70-13-9-4)89(82(92)84-78)73-75-62-59-61-74(71-75)72-77(91)93-5/h29-34,59,61-62,71H,6-28,35-58,60,63-70,72-73H2,1-5H3,(H,84,92)(H,83,85,86,90)/b32-29-,33-30-,34-31-. The molecule has 0 aliphatic heterocycles. The topological polar surface area (TPSA) is 135 Å². The summed E-state index contributed by atoms with van der Waals surface area (Å²) in [5.74, 6) is -0.234. The van der Waals surface area contributed by atoms with E-state index in [4.69, 9.17) is 9.47 Å². The second-order valence-electron chi connectivity index (χ2n) is 27.6. The molecule has 0 saturated heterocycles. The summed E-state index contributed by atoms with van der Waals surface area (Å²) in [6.45, 7) is 16.6. The number of esters is 1. The maximum atomic E-state index is 13.7. The highest BCUT2D eigenvalue weighted by Crippen LogP contribution is 2.24. The number of carbonyl (C=O) groups is 2. The van der Waals surface area contributed by atoms with Gasteiger partial charge in [0, 0.05) is 6.42 Å². The van der Waals surface area contributed by atoms with Gasteiger partial charge in [0.2, 0.25) is 5.91 Å². The molecule has 2 N–H and O–H groups in total. The van der Waals surface area contributed by atoms with Crippen molar-refractivity contribution in [3.05, 3.63) is 82.3 Å². The monoisotopic (exact) mass is 1310 g/mol. The number of ether oxygens (including phenoxy) is 2. The zero-order valence-corrected chi connectivity index (χ0v) is 61.6. The third-order valence-electron chi connectivity index (χ3n) is 18.8. The minimum Gasteiger partial charge on any atom is -0.469 e. The third-order valence-corrected chi connectivity index (χ3v) is 18.8. The van der Waals surface area contributed by atoms with E-state index in [0.717, 1.165) is 62.9 Å². The Hall–Kier alpha value is -4.55. The summed E-state index contributed by atoms with van der Waals surface area (Å²) in [5, 5.41) is 3.03. The smallest absolute Gasteiger partial charge is 0.328 e. The highest BCUT2D eigenvalue weighted by Gasteiger charge is 2.19. The van der Waals surface area contributed by atoms with Crippen LogP contribution in [-0.4, -0.2) is 94.2 Å². The van der Waals surface area contributed by atoms with E-state index in [1.807, 2.05) is 24.3 Å². The van der Waals surface area contributed by atoms with E-state index in [9.17, 15) is 14.4 Å². The van der Waals surface area contributed by atoms with Crippen LogP contribution < -0.4 is 15.7 Å². The molecule has 0 bridgehead atoms. The van der Waals surface area contributed by atoms with Crippen molar-refractivity contribution < 1.29 is 19.1 Å². The number of unbranched alkanes of at least 4 members (excludes halogenated alkanes) is 39. The molecule has 94 heavy (non-hydrogen) atoms. The van der Waals surface area contributed by atoms with Crippen LogP contribution in [0.4, 0.5) is 5.82 Å². The van der Waals surface area contributed by atoms with Gasteiger partial charge in [-0.05, 0) is 172 Å². The number of imidazole rings is 1. The first-order chi connectivity index (χ1) is 46.3. The average molecular weight is 1310 g/mol. The summed E-state index contributed by atoms with van der Waals surface area (Å²) < 4.78 is 12.4. The fourth-order valence-electron chi connectivity index (χ4n) is 12.8. The molecule has 0 saturated carbocycles. The number of fused-ring (bicyclic) bond motifs is 1. The average Bonchev–Trinajstić information content (AvgIpc) is 1.62. The molecular weight excluding hydrogens is 1160 g/mol. The van der Waals surface area contributed by atoms with Gasteiger partial charge in [0.25, 0.3) is 0 Å². The van der Waals surface area contributed by atoms with Crippen LogP contribution >= 0.6 is 0 Å². The third kappa shape index (κ3) is 45.0. The Kier molecular flexibility index (Phi) is 54.2. The minimum atomic E-state index is -0.374. The van der Waals surface area contributed by atoms with Gasteiger partial charge in [-0.2, -0.15) is 9.97 Å². The van der Waals surface area contributed by atoms with Crippen molar-refractivity contribution in [3.8, 4) is 6.01 Å². The van der Waals surface area contributed by atoms with Gasteiger partial charge in [0.15, 0.2) is 11.5 Å². The van der Waals surface area contributed by atoms with Gasteiger partial charge in [0.05, 0.1) is 26.7 Å². The second kappa shape index (κ2) is 60.8. The van der Waals surface area contributed by atoms with Gasteiger partial charge in [-0.1, -0.05) is 275 Å². The number of hydrogen-bond acceptors (Lipinski definition) is 9. The highest BCUT2D eigenvalue weighted by molar-refractivity contribution is 5.97. The van der Waals surface area contributed by atoms with Gasteiger partial charge >= 0.3 is 17.7 Å². The molecule has 0 spiro atoms. The lowest BCUT2D eigenvalue weighted by molar-refractivity contribution is -0.139. The number of carbonyl (C=O) groups excluding carboxylic acids is 2. The molecule has 536 valence electrons. The number of H-pyrrole nitrogens is 1. The number of nitrogens with one attached hydrogen (secondary N) is 2. The Labute approximate surface area is 576 Å². The van der Waals surface area contributed by atoms with Crippen molar-refractivity contribution >= 4 is 28.9 Å². The molecule has 12 heteroatoms. The Morgan fingerprint density at radius 1 is 0.468 bits per heavy atom. The highest BCUT2D eigenvalue weighted by atomic mass is 16.5. The van der Waals surface area contributed by atoms with E-state index in [0.29, 0.717) is 24.2 Å². The molecule has 0 aliphatic carbocycles. The van der Waals surface area contributed by atoms with Crippen LogP contribution in [0.15, 0.2) is 65.5 Å². The van der Waals surface area contributed by atoms with Crippen LogP contribution in [0.2, 0.25) is 0 Å². The molecule has 2 heterocycles. The molecule has 3 aromatic rings. The number of aromatic nitrogens is 4. The van der Waals surface area contributed by atoms with Gasteiger partial charge < -0.3 is 29.6 Å². The van der Waals surface area contributed by atoms with E-state index in [1.54, 1.807) is 0 Å². The predicted octanol–water partition coefficient (Wildman–Crippen LogP) is 22.7. The van der Waals surface area contributed by atoms with Crippen molar-refractivity contribution in [3.63, 3.8) is 0 Å². The molecule has 0 atom stereocenters. The number of amides is 1. The molecule has 3 rings (SSSR count). The second-order valence-corrected chi connectivity index (χ2v) is 27.6. The summed E-state index contributed by atoms with van der Waals surface area (Å²) in [7, 11) is 1.37. The molecular formula is C82H143N7O5. The fourth-order valence-corrected chi connectivity index (χ4v) is 12.8. The number of aromatic amines is 1. The summed E-state index contributed by atoms with van der Waals surface area (Å²) in [6, 6.07) is 7.64. The van der Waals surface area contributed by atoms with Gasteiger partial charge in [-0.15, -0.1) is 0 Å². The van der Waals surface area contributed by atoms with Crippen LogP contribution in [0.25, 0.3) is 11.2 Å². The molecule has 1 aromatic carbocycles. The lowest BCUT2D eigenvalue weighted by Crippen LogP contribution is -2.32. The maximum absolute atomic E-state index is 13.7. The van der Waals surface area contributed by atoms with Crippen LogP contribution in [-0.2, 0) is 27.3 Å². The quantitative estimate of drug-likeness (QED) is 0.0322. The molecule has 0 fully saturated rings. The van der Waals surface area contributed by atoms with E-state index >= 15 is 0 Å². The maximum Gasteiger partial charge on any atom is 0.328 e. The minimum absolute atomic E-state index is 0.116. The number of methoxy groups -OCH3 is 1. The molecule has 0 unspecified atom stereocenters. The predicted molar refractivity (Wildman–Crippen MR) is 403 cm³/mol. The van der Waals surface area contributed by atoms with Crippen molar-refractivity contribution in [2.75, 3.05) is 58.3 Å². The van der Waals surface area contributed by atoms with E-state index < -0.39 is 0 Å². The normalized spacial score (nSPS) is 12.0. The Morgan fingerprint density at radius 3 is 1.26 bits per heavy atom. The number of hydrogen-bond donors (Lipinski definition) is 2. The molecule has 1 amide bonds. The van der Waals surface area contributed by atoms with Gasteiger partial charge in [0.1, 0.15) is 5.52 Å².